The molecule has 4 rings (SSSR count). The summed E-state index contributed by atoms with van der Waals surface area (Å²) in [5, 5.41) is 8.09. The first-order valence-electron chi connectivity index (χ1n) is 8.43. The molecule has 1 fully saturated rings. The molecule has 3 N–H and O–H groups in total. The van der Waals surface area contributed by atoms with E-state index < -0.39 is 5.91 Å². The van der Waals surface area contributed by atoms with Crippen molar-refractivity contribution in [2.45, 2.75) is 24.8 Å². The number of piperidine rings is 1. The molecule has 1 unspecified atom stereocenters. The van der Waals surface area contributed by atoms with E-state index in [1.165, 1.54) is 18.4 Å². The summed E-state index contributed by atoms with van der Waals surface area (Å²) in [5.74, 6) is 0.178. The fourth-order valence-electron chi connectivity index (χ4n) is 3.56. The van der Waals surface area contributed by atoms with Gasteiger partial charge in [0.25, 0.3) is 0 Å². The second kappa shape index (κ2) is 6.17. The Labute approximate surface area is 141 Å². The molecule has 1 aliphatic carbocycles. The van der Waals surface area contributed by atoms with E-state index in [0.717, 1.165) is 24.4 Å². The molecule has 1 saturated heterocycles. The van der Waals surface area contributed by atoms with Crippen molar-refractivity contribution in [2.24, 2.45) is 10.8 Å². The van der Waals surface area contributed by atoms with Crippen LogP contribution in [0.25, 0.3) is 0 Å². The molecule has 0 radical (unpaired) electrons. The number of fused-ring (bicyclic) bond motifs is 1. The number of allylic oxidation sites excluding steroid dienone is 2. The maximum absolute atomic E-state index is 11.6. The van der Waals surface area contributed by atoms with Gasteiger partial charge in [-0.1, -0.05) is 35.1 Å². The molecule has 2 aliphatic heterocycles. The third-order valence-corrected chi connectivity index (χ3v) is 4.90. The Morgan fingerprint density at radius 3 is 2.83 bits per heavy atom. The summed E-state index contributed by atoms with van der Waals surface area (Å²) in [6.07, 6.45) is 10.0. The van der Waals surface area contributed by atoms with Crippen molar-refractivity contribution in [2.75, 3.05) is 13.1 Å². The Morgan fingerprint density at radius 1 is 1.29 bits per heavy atom. The fourth-order valence-corrected chi connectivity index (χ4v) is 3.56. The third kappa shape index (κ3) is 2.71. The topological polar surface area (TPSA) is 70.5 Å². The molecule has 0 spiro atoms. The Balaban J connectivity index is 1.58. The van der Waals surface area contributed by atoms with Gasteiger partial charge in [0.1, 0.15) is 0 Å². The molecule has 5 heteroatoms. The molecular formula is C19H21N4O+. The van der Waals surface area contributed by atoms with Crippen LogP contribution in [0, 0.1) is 0 Å². The van der Waals surface area contributed by atoms with Crippen LogP contribution < -0.4 is 11.1 Å². The lowest BCUT2D eigenvalue weighted by Gasteiger charge is -2.22. The molecule has 2 atom stereocenters. The lowest BCUT2D eigenvalue weighted by molar-refractivity contribution is -0.435. The predicted molar refractivity (Wildman–Crippen MR) is 91.9 cm³/mol. The van der Waals surface area contributed by atoms with Gasteiger partial charge in [0.15, 0.2) is 6.04 Å². The number of rotatable bonds is 3. The van der Waals surface area contributed by atoms with Crippen molar-refractivity contribution in [3.05, 3.63) is 65.4 Å². The second-order valence-electron chi connectivity index (χ2n) is 6.47. The SMILES string of the molecule is NC(=O)C1=CC=CC2=C[N+](c3ccc([C@@H]4CCCNC4)cc3)=NC21. The summed E-state index contributed by atoms with van der Waals surface area (Å²) >= 11 is 0. The first-order valence-corrected chi connectivity index (χ1v) is 8.43. The van der Waals surface area contributed by atoms with E-state index in [9.17, 15) is 4.79 Å². The monoisotopic (exact) mass is 321 g/mol. The first kappa shape index (κ1) is 15.0. The van der Waals surface area contributed by atoms with Gasteiger partial charge in [0.05, 0.1) is 11.1 Å². The summed E-state index contributed by atoms with van der Waals surface area (Å²) < 4.78 is 1.84. The molecule has 5 nitrogen and oxygen atoms in total. The van der Waals surface area contributed by atoms with Crippen LogP contribution in [0.2, 0.25) is 0 Å². The number of carbonyl (C=O) groups excluding carboxylic acids is 1. The number of amides is 1. The average Bonchev–Trinajstić information content (AvgIpc) is 3.06. The molecule has 3 aliphatic rings. The van der Waals surface area contributed by atoms with Gasteiger partial charge in [-0.2, -0.15) is 0 Å². The highest BCUT2D eigenvalue weighted by Gasteiger charge is 2.34. The second-order valence-corrected chi connectivity index (χ2v) is 6.47. The van der Waals surface area contributed by atoms with Crippen LogP contribution in [0.4, 0.5) is 5.69 Å². The lowest BCUT2D eigenvalue weighted by Crippen LogP contribution is -2.28. The minimum Gasteiger partial charge on any atom is -0.366 e. The maximum atomic E-state index is 11.6. The van der Waals surface area contributed by atoms with E-state index in [2.05, 4.69) is 34.7 Å². The van der Waals surface area contributed by atoms with Crippen molar-refractivity contribution in [3.63, 3.8) is 0 Å². The van der Waals surface area contributed by atoms with Gasteiger partial charge < -0.3 is 11.1 Å². The first-order chi connectivity index (χ1) is 11.7. The zero-order chi connectivity index (χ0) is 16.5. The van der Waals surface area contributed by atoms with Gasteiger partial charge >= 0.3 is 0 Å². The van der Waals surface area contributed by atoms with E-state index in [1.807, 2.05) is 23.0 Å². The average molecular weight is 321 g/mol. The summed E-state index contributed by atoms with van der Waals surface area (Å²) in [5.41, 5.74) is 9.36. The number of carbonyl (C=O) groups is 1. The van der Waals surface area contributed by atoms with E-state index in [4.69, 9.17) is 5.73 Å². The molecule has 1 aromatic rings. The molecule has 0 bridgehead atoms. The number of hydrogen-bond acceptors (Lipinski definition) is 3. The molecule has 2 heterocycles. The van der Waals surface area contributed by atoms with Crippen molar-refractivity contribution in [1.29, 1.82) is 0 Å². The van der Waals surface area contributed by atoms with Gasteiger partial charge in [0.2, 0.25) is 17.8 Å². The summed E-state index contributed by atoms with van der Waals surface area (Å²) in [4.78, 5) is 11.6. The normalized spacial score (nSPS) is 25.6. The summed E-state index contributed by atoms with van der Waals surface area (Å²) in [6.45, 7) is 2.18. The van der Waals surface area contributed by atoms with E-state index >= 15 is 0 Å². The molecular weight excluding hydrogens is 300 g/mol. The lowest BCUT2D eigenvalue weighted by atomic mass is 9.92. The maximum Gasteiger partial charge on any atom is 0.247 e. The third-order valence-electron chi connectivity index (χ3n) is 4.90. The van der Waals surface area contributed by atoms with E-state index in [0.29, 0.717) is 11.5 Å². The Hall–Kier alpha value is -2.53. The molecule has 1 aromatic carbocycles. The molecule has 1 amide bonds. The van der Waals surface area contributed by atoms with Gasteiger partial charge in [-0.05, 0) is 36.0 Å². The smallest absolute Gasteiger partial charge is 0.247 e. The van der Waals surface area contributed by atoms with Crippen molar-refractivity contribution < 1.29 is 9.49 Å². The number of nitrogens with zero attached hydrogens (tertiary/aromatic N) is 2. The standard InChI is InChI=1S/C19H20N4O/c20-19(24)17-5-1-3-15-12-23(22-18(15)17)16-8-6-13(7-9-16)14-4-2-10-21-11-14/h1,3,5-9,12,14,18,21H,2,4,10-11H2,(H-,20,24)/p+1/t14-,18?/m1/s1. The van der Waals surface area contributed by atoms with Crippen molar-refractivity contribution in [3.8, 4) is 0 Å². The molecule has 122 valence electrons. The minimum absolute atomic E-state index is 0.283. The van der Waals surface area contributed by atoms with Gasteiger partial charge in [0, 0.05) is 18.7 Å². The molecule has 0 aromatic heterocycles. The Bertz CT molecular complexity index is 780. The molecule has 0 saturated carbocycles. The molecule has 24 heavy (non-hydrogen) atoms. The van der Waals surface area contributed by atoms with Crippen molar-refractivity contribution in [1.82, 2.24) is 5.32 Å². The van der Waals surface area contributed by atoms with E-state index in [-0.39, 0.29) is 6.04 Å². The highest BCUT2D eigenvalue weighted by molar-refractivity contribution is 5.95. The number of azo groups is 2. The largest absolute Gasteiger partial charge is 0.366 e. The van der Waals surface area contributed by atoms with Gasteiger partial charge in [-0.3, -0.25) is 4.79 Å². The van der Waals surface area contributed by atoms with Crippen LogP contribution in [0.3, 0.4) is 0 Å². The Kier molecular flexibility index (Phi) is 3.86. The van der Waals surface area contributed by atoms with Gasteiger partial charge in [-0.15, -0.1) is 0 Å². The fraction of sp³-hybridized carbons (Fsp3) is 0.316. The zero-order valence-corrected chi connectivity index (χ0v) is 13.5. The van der Waals surface area contributed by atoms with E-state index in [1.54, 1.807) is 6.08 Å². The quantitative estimate of drug-likeness (QED) is 0.840. The van der Waals surface area contributed by atoms with Crippen LogP contribution in [-0.2, 0) is 4.79 Å². The minimum atomic E-state index is -0.416. The predicted octanol–water partition coefficient (Wildman–Crippen LogP) is 2.50. The number of nitrogens with two attached hydrogens (primary N) is 1. The summed E-state index contributed by atoms with van der Waals surface area (Å²) in [6, 6.07) is 8.28. The Morgan fingerprint density at radius 2 is 2.12 bits per heavy atom. The van der Waals surface area contributed by atoms with Crippen LogP contribution in [0.5, 0.6) is 0 Å². The number of primary amides is 1. The highest BCUT2D eigenvalue weighted by atomic mass is 16.1. The van der Waals surface area contributed by atoms with Crippen LogP contribution in [0.1, 0.15) is 24.3 Å². The highest BCUT2D eigenvalue weighted by Crippen LogP contribution is 2.31. The van der Waals surface area contributed by atoms with Gasteiger partial charge in [-0.25, -0.2) is 0 Å². The summed E-state index contributed by atoms with van der Waals surface area (Å²) in [7, 11) is 0. The van der Waals surface area contributed by atoms with Crippen LogP contribution in [0.15, 0.2) is 65.0 Å². The number of benzene rings is 1. The van der Waals surface area contributed by atoms with Crippen LogP contribution >= 0.6 is 0 Å². The number of hydrogen-bond donors (Lipinski definition) is 2. The number of nitrogens with one attached hydrogen (secondary N) is 1. The zero-order valence-electron chi connectivity index (χ0n) is 13.5. The van der Waals surface area contributed by atoms with Crippen molar-refractivity contribution >= 4 is 11.6 Å². The van der Waals surface area contributed by atoms with Crippen LogP contribution in [-0.4, -0.2) is 29.7 Å².